The van der Waals surface area contributed by atoms with Gasteiger partial charge in [0.05, 0.1) is 0 Å². The highest BCUT2D eigenvalue weighted by molar-refractivity contribution is 14.0. The standard InChI is InChI=1S/C15H23N3O.HI/c1-12-4-2-5-14(10-12)18-15(16)17-8-3-9-19-11-13-6-7-13;/h2,4-5,10,13H,3,6-9,11H2,1H3,(H3,16,17,18);1H. The van der Waals surface area contributed by atoms with Gasteiger partial charge in [-0.05, 0) is 49.8 Å². The number of halogens is 1. The first kappa shape index (κ1) is 17.2. The van der Waals surface area contributed by atoms with E-state index >= 15 is 0 Å². The van der Waals surface area contributed by atoms with Gasteiger partial charge in [-0.25, -0.2) is 0 Å². The van der Waals surface area contributed by atoms with Crippen LogP contribution in [0.25, 0.3) is 0 Å². The highest BCUT2D eigenvalue weighted by Gasteiger charge is 2.20. The van der Waals surface area contributed by atoms with Crippen molar-refractivity contribution in [3.8, 4) is 0 Å². The number of aliphatic imine (C=N–C) groups is 1. The molecule has 0 saturated heterocycles. The Morgan fingerprint density at radius 2 is 2.25 bits per heavy atom. The first-order valence-electron chi connectivity index (χ1n) is 6.95. The van der Waals surface area contributed by atoms with Crippen molar-refractivity contribution in [2.24, 2.45) is 16.6 Å². The Morgan fingerprint density at radius 1 is 1.45 bits per heavy atom. The second-order valence-corrected chi connectivity index (χ2v) is 5.13. The molecular weight excluding hydrogens is 365 g/mol. The molecule has 20 heavy (non-hydrogen) atoms. The van der Waals surface area contributed by atoms with Gasteiger partial charge in [-0.2, -0.15) is 0 Å². The summed E-state index contributed by atoms with van der Waals surface area (Å²) < 4.78 is 5.54. The first-order valence-corrected chi connectivity index (χ1v) is 6.95. The van der Waals surface area contributed by atoms with Crippen molar-refractivity contribution < 1.29 is 4.74 Å². The van der Waals surface area contributed by atoms with E-state index in [1.165, 1.54) is 18.4 Å². The minimum atomic E-state index is 0. The Hall–Kier alpha value is -0.820. The van der Waals surface area contributed by atoms with E-state index in [9.17, 15) is 0 Å². The Bertz CT molecular complexity index is 433. The summed E-state index contributed by atoms with van der Waals surface area (Å²) in [6.07, 6.45) is 3.60. The van der Waals surface area contributed by atoms with E-state index in [0.717, 1.165) is 31.2 Å². The van der Waals surface area contributed by atoms with Crippen LogP contribution >= 0.6 is 24.0 Å². The zero-order chi connectivity index (χ0) is 13.5. The lowest BCUT2D eigenvalue weighted by Crippen LogP contribution is -2.23. The van der Waals surface area contributed by atoms with Gasteiger partial charge >= 0.3 is 0 Å². The summed E-state index contributed by atoms with van der Waals surface area (Å²) in [5, 5.41) is 3.09. The number of anilines is 1. The van der Waals surface area contributed by atoms with Crippen LogP contribution in [0.1, 0.15) is 24.8 Å². The molecule has 1 aliphatic carbocycles. The summed E-state index contributed by atoms with van der Waals surface area (Å²) in [5.41, 5.74) is 8.01. The number of aryl methyl sites for hydroxylation is 1. The van der Waals surface area contributed by atoms with E-state index in [1.807, 2.05) is 18.2 Å². The SMILES string of the molecule is Cc1cccc(NC(N)=NCCCOCC2CC2)c1.I. The predicted octanol–water partition coefficient (Wildman–Crippen LogP) is 3.16. The number of nitrogens with one attached hydrogen (secondary N) is 1. The lowest BCUT2D eigenvalue weighted by atomic mass is 10.2. The third-order valence-corrected chi connectivity index (χ3v) is 3.07. The number of benzene rings is 1. The number of hydrogen-bond acceptors (Lipinski definition) is 2. The second kappa shape index (κ2) is 9.18. The average Bonchev–Trinajstić information content (AvgIpc) is 3.17. The van der Waals surface area contributed by atoms with Gasteiger partial charge in [-0.15, -0.1) is 24.0 Å². The molecule has 5 heteroatoms. The monoisotopic (exact) mass is 389 g/mol. The van der Waals surface area contributed by atoms with Crippen molar-refractivity contribution in [3.05, 3.63) is 29.8 Å². The normalized spacial score (nSPS) is 14.8. The number of guanidine groups is 1. The van der Waals surface area contributed by atoms with E-state index in [4.69, 9.17) is 10.5 Å². The maximum Gasteiger partial charge on any atom is 0.193 e. The fraction of sp³-hybridized carbons (Fsp3) is 0.533. The van der Waals surface area contributed by atoms with Gasteiger partial charge in [-0.3, -0.25) is 4.99 Å². The highest BCUT2D eigenvalue weighted by Crippen LogP contribution is 2.28. The Morgan fingerprint density at radius 3 is 2.95 bits per heavy atom. The van der Waals surface area contributed by atoms with Crippen LogP contribution in [0, 0.1) is 12.8 Å². The van der Waals surface area contributed by atoms with Gasteiger partial charge in [0.15, 0.2) is 5.96 Å². The topological polar surface area (TPSA) is 59.6 Å². The molecule has 0 atom stereocenters. The highest BCUT2D eigenvalue weighted by atomic mass is 127. The predicted molar refractivity (Wildman–Crippen MR) is 94.9 cm³/mol. The molecule has 1 aromatic rings. The molecule has 0 heterocycles. The van der Waals surface area contributed by atoms with Crippen molar-refractivity contribution in [1.82, 2.24) is 0 Å². The minimum absolute atomic E-state index is 0. The molecular formula is C15H24IN3O. The van der Waals surface area contributed by atoms with Crippen LogP contribution in [0.3, 0.4) is 0 Å². The van der Waals surface area contributed by atoms with Crippen molar-refractivity contribution in [2.75, 3.05) is 25.1 Å². The molecule has 0 aromatic heterocycles. The van der Waals surface area contributed by atoms with Crippen molar-refractivity contribution in [2.45, 2.75) is 26.2 Å². The first-order chi connectivity index (χ1) is 9.24. The number of nitrogens with zero attached hydrogens (tertiary/aromatic N) is 1. The van der Waals surface area contributed by atoms with Crippen LogP contribution in [-0.2, 0) is 4.74 Å². The smallest absolute Gasteiger partial charge is 0.193 e. The third kappa shape index (κ3) is 7.09. The molecule has 2 rings (SSSR count). The van der Waals surface area contributed by atoms with Gasteiger partial charge in [0.1, 0.15) is 0 Å². The number of hydrogen-bond donors (Lipinski definition) is 2. The van der Waals surface area contributed by atoms with E-state index in [2.05, 4.69) is 23.3 Å². The lowest BCUT2D eigenvalue weighted by Gasteiger charge is -2.06. The summed E-state index contributed by atoms with van der Waals surface area (Å²) in [4.78, 5) is 4.28. The largest absolute Gasteiger partial charge is 0.381 e. The molecule has 1 aliphatic rings. The van der Waals surface area contributed by atoms with Gasteiger partial charge in [-0.1, -0.05) is 12.1 Å². The van der Waals surface area contributed by atoms with Crippen LogP contribution in [0.15, 0.2) is 29.3 Å². The summed E-state index contributed by atoms with van der Waals surface area (Å²) in [5.74, 6) is 1.30. The quantitative estimate of drug-likeness (QED) is 0.326. The molecule has 0 unspecified atom stereocenters. The lowest BCUT2D eigenvalue weighted by molar-refractivity contribution is 0.123. The van der Waals surface area contributed by atoms with Gasteiger partial charge < -0.3 is 15.8 Å². The number of ether oxygens (including phenoxy) is 1. The zero-order valence-electron chi connectivity index (χ0n) is 12.0. The van der Waals surface area contributed by atoms with Gasteiger partial charge in [0, 0.05) is 25.4 Å². The second-order valence-electron chi connectivity index (χ2n) is 5.13. The van der Waals surface area contributed by atoms with E-state index < -0.39 is 0 Å². The molecule has 1 fully saturated rings. The Labute approximate surface area is 138 Å². The van der Waals surface area contributed by atoms with Crippen LogP contribution in [0.5, 0.6) is 0 Å². The number of rotatable bonds is 7. The molecule has 1 aromatic carbocycles. The molecule has 1 saturated carbocycles. The van der Waals surface area contributed by atoms with E-state index in [0.29, 0.717) is 12.5 Å². The molecule has 112 valence electrons. The zero-order valence-corrected chi connectivity index (χ0v) is 14.3. The van der Waals surface area contributed by atoms with E-state index in [1.54, 1.807) is 0 Å². The molecule has 0 bridgehead atoms. The average molecular weight is 389 g/mol. The van der Waals surface area contributed by atoms with Crippen LogP contribution < -0.4 is 11.1 Å². The third-order valence-electron chi connectivity index (χ3n) is 3.07. The molecule has 0 radical (unpaired) electrons. The summed E-state index contributed by atoms with van der Waals surface area (Å²) in [7, 11) is 0. The van der Waals surface area contributed by atoms with Crippen LogP contribution in [-0.4, -0.2) is 25.7 Å². The minimum Gasteiger partial charge on any atom is -0.381 e. The van der Waals surface area contributed by atoms with Crippen LogP contribution in [0.2, 0.25) is 0 Å². The maximum atomic E-state index is 5.83. The molecule has 4 nitrogen and oxygen atoms in total. The summed E-state index contributed by atoms with van der Waals surface area (Å²) in [6.45, 7) is 4.45. The van der Waals surface area contributed by atoms with Gasteiger partial charge in [0.2, 0.25) is 0 Å². The van der Waals surface area contributed by atoms with E-state index in [-0.39, 0.29) is 24.0 Å². The Balaban J connectivity index is 0.00000200. The summed E-state index contributed by atoms with van der Waals surface area (Å²) in [6, 6.07) is 8.07. The molecule has 0 spiro atoms. The molecule has 0 amide bonds. The van der Waals surface area contributed by atoms with Gasteiger partial charge in [0.25, 0.3) is 0 Å². The Kier molecular flexibility index (Phi) is 7.91. The molecule has 0 aliphatic heterocycles. The van der Waals surface area contributed by atoms with Crippen molar-refractivity contribution in [3.63, 3.8) is 0 Å². The fourth-order valence-electron chi connectivity index (χ4n) is 1.81. The maximum absolute atomic E-state index is 5.83. The summed E-state index contributed by atoms with van der Waals surface area (Å²) >= 11 is 0. The number of nitrogens with two attached hydrogens (primary N) is 1. The molecule has 3 N–H and O–H groups in total. The fourth-order valence-corrected chi connectivity index (χ4v) is 1.81. The van der Waals surface area contributed by atoms with Crippen molar-refractivity contribution >= 4 is 35.6 Å². The van der Waals surface area contributed by atoms with Crippen molar-refractivity contribution in [1.29, 1.82) is 0 Å². The van der Waals surface area contributed by atoms with Crippen LogP contribution in [0.4, 0.5) is 5.69 Å².